The van der Waals surface area contributed by atoms with E-state index in [1.807, 2.05) is 5.43 Å². The van der Waals surface area contributed by atoms with Crippen molar-refractivity contribution in [1.29, 1.82) is 10.5 Å². The third-order valence-corrected chi connectivity index (χ3v) is 2.40. The monoisotopic (exact) mass is 317 g/mol. The van der Waals surface area contributed by atoms with Crippen molar-refractivity contribution in [2.45, 2.75) is 6.18 Å². The molecule has 11 heteroatoms. The lowest BCUT2D eigenvalue weighted by Gasteiger charge is -2.11. The number of nitrogens with one attached hydrogen (secondary N) is 1. The van der Waals surface area contributed by atoms with E-state index in [0.29, 0.717) is 12.1 Å². The number of halogens is 4. The van der Waals surface area contributed by atoms with Gasteiger partial charge >= 0.3 is 6.18 Å². The highest BCUT2D eigenvalue weighted by atomic mass is 35.5. The topological polar surface area (TPSA) is 115 Å². The Hall–Kier alpha value is -2.85. The molecule has 0 saturated heterocycles. The molecule has 1 N–H and O–H groups in total. The minimum Gasteiger partial charge on any atom is -0.270 e. The van der Waals surface area contributed by atoms with Crippen LogP contribution in [-0.2, 0) is 6.18 Å². The van der Waals surface area contributed by atoms with Crippen LogP contribution in [0.25, 0.3) is 0 Å². The van der Waals surface area contributed by atoms with E-state index in [1.54, 1.807) is 0 Å². The van der Waals surface area contributed by atoms with Gasteiger partial charge in [0.1, 0.15) is 17.8 Å². The molecule has 0 saturated carbocycles. The van der Waals surface area contributed by atoms with Crippen molar-refractivity contribution < 1.29 is 18.1 Å². The van der Waals surface area contributed by atoms with Crippen LogP contribution in [-0.4, -0.2) is 10.6 Å². The lowest BCUT2D eigenvalue weighted by Crippen LogP contribution is -2.08. The van der Waals surface area contributed by atoms with Crippen molar-refractivity contribution in [3.05, 3.63) is 32.8 Å². The molecule has 0 radical (unpaired) electrons. The molecule has 21 heavy (non-hydrogen) atoms. The van der Waals surface area contributed by atoms with Gasteiger partial charge in [0.15, 0.2) is 0 Å². The van der Waals surface area contributed by atoms with Gasteiger partial charge in [-0.2, -0.15) is 28.8 Å². The molecule has 0 aliphatic heterocycles. The normalized spacial score (nSPS) is 10.2. The smallest absolute Gasteiger partial charge is 0.270 e. The van der Waals surface area contributed by atoms with Gasteiger partial charge in [0.2, 0.25) is 5.71 Å². The van der Waals surface area contributed by atoms with Crippen molar-refractivity contribution in [3.8, 4) is 12.1 Å². The number of benzene rings is 1. The Morgan fingerprint density at radius 1 is 1.38 bits per heavy atom. The molecule has 0 aliphatic rings. The van der Waals surface area contributed by atoms with Crippen LogP contribution in [0.1, 0.15) is 5.56 Å². The quantitative estimate of drug-likeness (QED) is 0.522. The summed E-state index contributed by atoms with van der Waals surface area (Å²) in [5.41, 5.74) is -1.59. The Bertz CT molecular complexity index is 686. The van der Waals surface area contributed by atoms with Crippen molar-refractivity contribution >= 4 is 28.7 Å². The highest BCUT2D eigenvalue weighted by Crippen LogP contribution is 2.40. The summed E-state index contributed by atoms with van der Waals surface area (Å²) in [5, 5.41) is 29.9. The zero-order chi connectivity index (χ0) is 16.2. The minimum absolute atomic E-state index is 0.371. The highest BCUT2D eigenvalue weighted by Gasteiger charge is 2.35. The van der Waals surface area contributed by atoms with Gasteiger partial charge in [-0.05, 0) is 6.07 Å². The SMILES string of the molecule is N#CC(C#N)=NNc1cc(C(F)(F)F)c(Cl)cc1[N+](=O)[O-]. The Morgan fingerprint density at radius 2 is 1.95 bits per heavy atom. The van der Waals surface area contributed by atoms with Crippen molar-refractivity contribution in [2.75, 3.05) is 5.43 Å². The van der Waals surface area contributed by atoms with E-state index in [4.69, 9.17) is 22.1 Å². The molecule has 0 unspecified atom stereocenters. The lowest BCUT2D eigenvalue weighted by molar-refractivity contribution is -0.384. The van der Waals surface area contributed by atoms with Crippen LogP contribution in [0.15, 0.2) is 17.2 Å². The zero-order valence-corrected chi connectivity index (χ0v) is 10.5. The first kappa shape index (κ1) is 16.2. The summed E-state index contributed by atoms with van der Waals surface area (Å²) in [5.74, 6) is 0. The minimum atomic E-state index is -4.83. The molecule has 108 valence electrons. The summed E-state index contributed by atoms with van der Waals surface area (Å²) in [7, 11) is 0. The first-order valence-electron chi connectivity index (χ1n) is 4.89. The van der Waals surface area contributed by atoms with Gasteiger partial charge in [-0.1, -0.05) is 11.6 Å². The summed E-state index contributed by atoms with van der Waals surface area (Å²) in [6, 6.07) is 3.54. The number of hydrogen-bond donors (Lipinski definition) is 1. The van der Waals surface area contributed by atoms with Crippen LogP contribution < -0.4 is 5.43 Å². The van der Waals surface area contributed by atoms with Crippen LogP contribution in [0.3, 0.4) is 0 Å². The number of nitro benzene ring substituents is 1. The fourth-order valence-electron chi connectivity index (χ4n) is 1.21. The van der Waals surface area contributed by atoms with Gasteiger partial charge in [0.05, 0.1) is 15.5 Å². The van der Waals surface area contributed by atoms with Crippen molar-refractivity contribution in [3.63, 3.8) is 0 Å². The largest absolute Gasteiger partial charge is 0.417 e. The second-order valence-corrected chi connectivity index (χ2v) is 3.81. The molecule has 0 aliphatic carbocycles. The first-order valence-corrected chi connectivity index (χ1v) is 5.27. The van der Waals surface area contributed by atoms with E-state index in [2.05, 4.69) is 5.10 Å². The number of nitrogens with zero attached hydrogens (tertiary/aromatic N) is 4. The Kier molecular flexibility index (Phi) is 4.68. The molecule has 0 atom stereocenters. The molecule has 0 heterocycles. The molecule has 0 spiro atoms. The maximum atomic E-state index is 12.7. The maximum Gasteiger partial charge on any atom is 0.417 e. The van der Waals surface area contributed by atoms with E-state index in [0.717, 1.165) is 0 Å². The van der Waals surface area contributed by atoms with E-state index in [-0.39, 0.29) is 0 Å². The molecule has 0 amide bonds. The molecular weight excluding hydrogens is 315 g/mol. The maximum absolute atomic E-state index is 12.7. The second-order valence-electron chi connectivity index (χ2n) is 3.40. The van der Waals surface area contributed by atoms with Gasteiger partial charge < -0.3 is 0 Å². The van der Waals surface area contributed by atoms with E-state index < -0.39 is 38.8 Å². The standard InChI is InChI=1S/C10H3ClF3N5O2/c11-7-2-9(19(20)21)8(1-6(7)10(12,13)14)18-17-5(3-15)4-16/h1-2,18H. The number of hydrogen-bond acceptors (Lipinski definition) is 6. The van der Waals surface area contributed by atoms with Gasteiger partial charge in [0.25, 0.3) is 5.69 Å². The number of hydrazone groups is 1. The predicted molar refractivity (Wildman–Crippen MR) is 65.4 cm³/mol. The van der Waals surface area contributed by atoms with Gasteiger partial charge in [-0.15, -0.1) is 0 Å². The molecule has 0 aromatic heterocycles. The van der Waals surface area contributed by atoms with Gasteiger partial charge in [-0.3, -0.25) is 15.5 Å². The molecule has 1 rings (SSSR count). The van der Waals surface area contributed by atoms with Gasteiger partial charge in [0, 0.05) is 6.07 Å². The average molecular weight is 318 g/mol. The van der Waals surface area contributed by atoms with Crippen LogP contribution in [0, 0.1) is 32.8 Å². The molecule has 1 aromatic carbocycles. The molecular formula is C10H3ClF3N5O2. The summed E-state index contributed by atoms with van der Waals surface area (Å²) in [6.07, 6.45) is -4.83. The predicted octanol–water partition coefficient (Wildman–Crippen LogP) is 3.08. The summed E-state index contributed by atoms with van der Waals surface area (Å²) < 4.78 is 38.0. The fourth-order valence-corrected chi connectivity index (χ4v) is 1.48. The van der Waals surface area contributed by atoms with Crippen LogP contribution in [0.4, 0.5) is 24.5 Å². The lowest BCUT2D eigenvalue weighted by atomic mass is 10.1. The van der Waals surface area contributed by atoms with Crippen LogP contribution in [0.2, 0.25) is 5.02 Å². The number of alkyl halides is 3. The number of anilines is 1. The Morgan fingerprint density at radius 3 is 2.38 bits per heavy atom. The number of rotatable bonds is 3. The molecule has 0 bridgehead atoms. The number of nitro groups is 1. The summed E-state index contributed by atoms with van der Waals surface area (Å²) in [6.45, 7) is 0. The highest BCUT2D eigenvalue weighted by molar-refractivity contribution is 6.31. The summed E-state index contributed by atoms with van der Waals surface area (Å²) in [4.78, 5) is 9.78. The number of nitriles is 2. The van der Waals surface area contributed by atoms with E-state index in [1.165, 1.54) is 12.1 Å². The fraction of sp³-hybridized carbons (Fsp3) is 0.100. The average Bonchev–Trinajstić information content (AvgIpc) is 2.39. The Labute approximate surface area is 120 Å². The van der Waals surface area contributed by atoms with Crippen LogP contribution in [0.5, 0.6) is 0 Å². The van der Waals surface area contributed by atoms with Crippen LogP contribution >= 0.6 is 11.6 Å². The Balaban J connectivity index is 3.42. The van der Waals surface area contributed by atoms with Crippen molar-refractivity contribution in [1.82, 2.24) is 0 Å². The van der Waals surface area contributed by atoms with E-state index >= 15 is 0 Å². The van der Waals surface area contributed by atoms with Crippen molar-refractivity contribution in [2.24, 2.45) is 5.10 Å². The van der Waals surface area contributed by atoms with Gasteiger partial charge in [-0.25, -0.2) is 0 Å². The van der Waals surface area contributed by atoms with E-state index in [9.17, 15) is 23.3 Å². The first-order chi connectivity index (χ1) is 9.70. The third kappa shape index (κ3) is 3.81. The molecule has 7 nitrogen and oxygen atoms in total. The summed E-state index contributed by atoms with van der Waals surface area (Å²) >= 11 is 5.35. The third-order valence-electron chi connectivity index (χ3n) is 2.09. The molecule has 1 aromatic rings. The molecule has 0 fully saturated rings. The zero-order valence-electron chi connectivity index (χ0n) is 9.77. The second kappa shape index (κ2) is 6.07.